The number of hydrogen-bond acceptors (Lipinski definition) is 6. The number of anilines is 1. The van der Waals surface area contributed by atoms with Crippen LogP contribution in [0.5, 0.6) is 0 Å². The van der Waals surface area contributed by atoms with Gasteiger partial charge in [0, 0.05) is 5.56 Å². The molecule has 0 saturated heterocycles. The maximum atomic E-state index is 12.9. The summed E-state index contributed by atoms with van der Waals surface area (Å²) in [6.07, 6.45) is -3.34. The van der Waals surface area contributed by atoms with Crippen molar-refractivity contribution < 1.29 is 22.4 Å². The number of nitrogens with one attached hydrogen (secondary N) is 1. The van der Waals surface area contributed by atoms with Crippen LogP contribution >= 0.6 is 22.9 Å². The van der Waals surface area contributed by atoms with Crippen LogP contribution in [-0.2, 0) is 6.18 Å². The zero-order valence-electron chi connectivity index (χ0n) is 15.2. The van der Waals surface area contributed by atoms with Gasteiger partial charge in [0.25, 0.3) is 5.91 Å². The highest BCUT2D eigenvalue weighted by Gasteiger charge is 2.31. The molecule has 0 aliphatic heterocycles. The average molecular weight is 453 g/mol. The van der Waals surface area contributed by atoms with E-state index in [2.05, 4.69) is 10.5 Å². The van der Waals surface area contributed by atoms with Gasteiger partial charge >= 0.3 is 6.18 Å². The lowest BCUT2D eigenvalue weighted by atomic mass is 10.1. The predicted octanol–water partition coefficient (Wildman–Crippen LogP) is 5.21. The third kappa shape index (κ3) is 4.32. The maximum Gasteiger partial charge on any atom is 0.416 e. The summed E-state index contributed by atoms with van der Waals surface area (Å²) in [4.78, 5) is 12.5. The van der Waals surface area contributed by atoms with Crippen molar-refractivity contribution in [3.05, 3.63) is 62.7 Å². The Balaban J connectivity index is 1.76. The number of alkyl halides is 3. The van der Waals surface area contributed by atoms with Gasteiger partial charge in [-0.2, -0.15) is 23.5 Å². The molecule has 2 heterocycles. The highest BCUT2D eigenvalue weighted by molar-refractivity contribution is 7.18. The van der Waals surface area contributed by atoms with E-state index in [1.54, 1.807) is 6.92 Å². The van der Waals surface area contributed by atoms with E-state index >= 15 is 0 Å². The first-order chi connectivity index (χ1) is 14.1. The normalized spacial score (nSPS) is 11.6. The number of nitrogens with zero attached hydrogens (tertiary/aromatic N) is 2. The van der Waals surface area contributed by atoms with Crippen LogP contribution in [0.15, 0.2) is 39.9 Å². The molecule has 1 aromatic carbocycles. The molecule has 0 atom stereocenters. The first kappa shape index (κ1) is 21.4. The second-order valence-corrected chi connectivity index (χ2v) is 7.46. The summed E-state index contributed by atoms with van der Waals surface area (Å²) in [5.41, 5.74) is 7.89. The van der Waals surface area contributed by atoms with E-state index < -0.39 is 17.6 Å². The number of rotatable bonds is 4. The Labute approximate surface area is 177 Å². The lowest BCUT2D eigenvalue weighted by molar-refractivity contribution is -0.137. The third-order valence-corrected chi connectivity index (χ3v) is 5.49. The van der Waals surface area contributed by atoms with E-state index in [4.69, 9.17) is 27.0 Å². The van der Waals surface area contributed by atoms with Gasteiger partial charge in [-0.05, 0) is 42.8 Å². The number of carbonyl (C=O) groups is 1. The van der Waals surface area contributed by atoms with Gasteiger partial charge < -0.3 is 10.2 Å². The lowest BCUT2D eigenvalue weighted by Crippen LogP contribution is -2.17. The van der Waals surface area contributed by atoms with Crippen molar-refractivity contribution in [1.82, 2.24) is 5.43 Å². The molecule has 0 spiro atoms. The number of hydrogen-bond donors (Lipinski definition) is 2. The second kappa shape index (κ2) is 8.22. The van der Waals surface area contributed by atoms with Gasteiger partial charge in [-0.25, -0.2) is 5.43 Å². The van der Waals surface area contributed by atoms with Crippen molar-refractivity contribution in [3.8, 4) is 17.4 Å². The number of benzene rings is 1. The van der Waals surface area contributed by atoms with Crippen molar-refractivity contribution >= 4 is 40.1 Å². The number of amides is 1. The maximum absolute atomic E-state index is 12.9. The minimum absolute atomic E-state index is 0.0731. The Kier molecular flexibility index (Phi) is 5.87. The summed E-state index contributed by atoms with van der Waals surface area (Å²) < 4.78 is 44.2. The first-order valence-corrected chi connectivity index (χ1v) is 9.40. The van der Waals surface area contributed by atoms with Crippen molar-refractivity contribution in [2.45, 2.75) is 13.1 Å². The zero-order chi connectivity index (χ0) is 22.1. The van der Waals surface area contributed by atoms with E-state index in [1.165, 1.54) is 18.3 Å². The quantitative estimate of drug-likeness (QED) is 0.419. The molecular formula is C19H12ClF3N4O2S. The van der Waals surface area contributed by atoms with Gasteiger partial charge in [0.05, 0.1) is 22.4 Å². The summed E-state index contributed by atoms with van der Waals surface area (Å²) in [5, 5.41) is 13.1. The Morgan fingerprint density at radius 3 is 2.73 bits per heavy atom. The van der Waals surface area contributed by atoms with E-state index in [0.29, 0.717) is 5.56 Å². The molecule has 0 saturated carbocycles. The number of halogens is 4. The number of carbonyl (C=O) groups excluding carboxylic acids is 1. The van der Waals surface area contributed by atoms with Crippen molar-refractivity contribution in [3.63, 3.8) is 0 Å². The molecule has 1 amide bonds. The van der Waals surface area contributed by atoms with Crippen LogP contribution < -0.4 is 11.2 Å². The molecule has 0 aliphatic carbocycles. The van der Waals surface area contributed by atoms with E-state index in [0.717, 1.165) is 29.5 Å². The van der Waals surface area contributed by atoms with Crippen molar-refractivity contribution in [2.24, 2.45) is 5.10 Å². The van der Waals surface area contributed by atoms with Crippen LogP contribution in [-0.4, -0.2) is 12.1 Å². The SMILES string of the molecule is Cc1c(C(=O)NN=Cc2ccc(-c3cc(C(F)(F)F)ccc3Cl)o2)sc(N)c1C#N. The number of furan rings is 1. The number of nitriles is 1. The Hall–Kier alpha value is -3.29. The topological polar surface area (TPSA) is 104 Å². The summed E-state index contributed by atoms with van der Waals surface area (Å²) >= 11 is 6.96. The fourth-order valence-corrected chi connectivity index (χ4v) is 3.68. The molecule has 11 heteroatoms. The smallest absolute Gasteiger partial charge is 0.416 e. The number of nitrogen functional groups attached to an aromatic ring is 1. The molecule has 154 valence electrons. The summed E-state index contributed by atoms with van der Waals surface area (Å²) in [6.45, 7) is 1.60. The van der Waals surface area contributed by atoms with E-state index in [-0.39, 0.29) is 37.5 Å². The monoisotopic (exact) mass is 452 g/mol. The van der Waals surface area contributed by atoms with Crippen LogP contribution in [0.3, 0.4) is 0 Å². The minimum atomic E-state index is -4.52. The summed E-state index contributed by atoms with van der Waals surface area (Å²) in [5.74, 6) is -0.270. The summed E-state index contributed by atoms with van der Waals surface area (Å²) in [7, 11) is 0. The lowest BCUT2D eigenvalue weighted by Gasteiger charge is -2.09. The van der Waals surface area contributed by atoms with Gasteiger partial charge in [0.1, 0.15) is 27.5 Å². The van der Waals surface area contributed by atoms with Gasteiger partial charge in [0.15, 0.2) is 0 Å². The van der Waals surface area contributed by atoms with E-state index in [1.807, 2.05) is 6.07 Å². The molecule has 3 rings (SSSR count). The van der Waals surface area contributed by atoms with Gasteiger partial charge in [-0.15, -0.1) is 11.3 Å². The molecule has 2 aromatic heterocycles. The zero-order valence-corrected chi connectivity index (χ0v) is 16.7. The van der Waals surface area contributed by atoms with Crippen LogP contribution in [0.25, 0.3) is 11.3 Å². The van der Waals surface area contributed by atoms with Gasteiger partial charge in [-0.3, -0.25) is 4.79 Å². The highest BCUT2D eigenvalue weighted by atomic mass is 35.5. The number of hydrazone groups is 1. The molecule has 6 nitrogen and oxygen atoms in total. The molecule has 3 N–H and O–H groups in total. The van der Waals surface area contributed by atoms with Gasteiger partial charge in [0.2, 0.25) is 0 Å². The van der Waals surface area contributed by atoms with Crippen LogP contribution in [0.2, 0.25) is 5.02 Å². The molecule has 0 unspecified atom stereocenters. The largest absolute Gasteiger partial charge is 0.455 e. The number of nitrogens with two attached hydrogens (primary N) is 1. The molecule has 0 radical (unpaired) electrons. The molecular weight excluding hydrogens is 441 g/mol. The predicted molar refractivity (Wildman–Crippen MR) is 107 cm³/mol. The van der Waals surface area contributed by atoms with Crippen molar-refractivity contribution in [1.29, 1.82) is 5.26 Å². The second-order valence-electron chi connectivity index (χ2n) is 6.00. The number of thiophene rings is 1. The van der Waals surface area contributed by atoms with E-state index in [9.17, 15) is 18.0 Å². The molecule has 30 heavy (non-hydrogen) atoms. The summed E-state index contributed by atoms with van der Waals surface area (Å²) in [6, 6.07) is 7.74. The highest BCUT2D eigenvalue weighted by Crippen LogP contribution is 2.36. The Morgan fingerprint density at radius 2 is 2.10 bits per heavy atom. The fourth-order valence-electron chi connectivity index (χ4n) is 2.55. The Morgan fingerprint density at radius 1 is 1.37 bits per heavy atom. The van der Waals surface area contributed by atoms with Gasteiger partial charge in [-0.1, -0.05) is 11.6 Å². The van der Waals surface area contributed by atoms with Crippen LogP contribution in [0.4, 0.5) is 18.2 Å². The standard InChI is InChI=1S/C19H12ClF3N4O2S/c1-9-13(7-24)17(25)30-16(9)18(28)27-26-8-11-3-5-15(29-11)12-6-10(19(21,22)23)2-4-14(12)20/h2-6,8H,25H2,1H3,(H,27,28). The van der Waals surface area contributed by atoms with Crippen LogP contribution in [0, 0.1) is 18.3 Å². The molecule has 0 fully saturated rings. The Bertz CT molecular complexity index is 1190. The third-order valence-electron chi connectivity index (χ3n) is 4.04. The average Bonchev–Trinajstić information content (AvgIpc) is 3.25. The molecule has 0 aliphatic rings. The first-order valence-electron chi connectivity index (χ1n) is 8.21. The minimum Gasteiger partial charge on any atom is -0.455 e. The van der Waals surface area contributed by atoms with Crippen molar-refractivity contribution in [2.75, 3.05) is 5.73 Å². The fraction of sp³-hybridized carbons (Fsp3) is 0.105. The molecule has 3 aromatic rings. The molecule has 0 bridgehead atoms. The van der Waals surface area contributed by atoms with Crippen LogP contribution in [0.1, 0.15) is 32.1 Å².